The Balaban J connectivity index is 1.52. The quantitative estimate of drug-likeness (QED) is 0.771. The zero-order valence-corrected chi connectivity index (χ0v) is 16.2. The molecule has 0 bridgehead atoms. The molecule has 1 aromatic carbocycles. The predicted molar refractivity (Wildman–Crippen MR) is 105 cm³/mol. The van der Waals surface area contributed by atoms with Gasteiger partial charge in [0.25, 0.3) is 0 Å². The Labute approximate surface area is 156 Å². The lowest BCUT2D eigenvalue weighted by Gasteiger charge is -2.09. The van der Waals surface area contributed by atoms with Gasteiger partial charge in [-0.05, 0) is 30.7 Å². The zero-order valence-electron chi connectivity index (χ0n) is 16.2. The monoisotopic (exact) mass is 351 g/mol. The molecule has 1 amide bonds. The third-order valence-electron chi connectivity index (χ3n) is 5.35. The van der Waals surface area contributed by atoms with Crippen LogP contribution in [-0.4, -0.2) is 22.0 Å². The maximum Gasteiger partial charge on any atom is 0.224 e. The Hall–Kier alpha value is -2.36. The number of aromatic nitrogens is 2. The molecule has 1 aliphatic carbocycles. The van der Waals surface area contributed by atoms with Crippen LogP contribution in [0.4, 0.5) is 0 Å². The molecule has 4 nitrogen and oxygen atoms in total. The van der Waals surface area contributed by atoms with Crippen LogP contribution in [0.3, 0.4) is 0 Å². The van der Waals surface area contributed by atoms with E-state index in [4.69, 9.17) is 0 Å². The second-order valence-corrected chi connectivity index (χ2v) is 8.07. The number of benzene rings is 1. The maximum absolute atomic E-state index is 12.5. The smallest absolute Gasteiger partial charge is 0.224 e. The summed E-state index contributed by atoms with van der Waals surface area (Å²) in [5, 5.41) is 3.11. The summed E-state index contributed by atoms with van der Waals surface area (Å²) in [7, 11) is 0. The largest absolute Gasteiger partial charge is 0.355 e. The second kappa shape index (κ2) is 7.48. The first-order chi connectivity index (χ1) is 12.4. The van der Waals surface area contributed by atoms with Gasteiger partial charge in [0.15, 0.2) is 0 Å². The number of hydrogen-bond donors (Lipinski definition) is 1. The van der Waals surface area contributed by atoms with Crippen LogP contribution in [0.25, 0.3) is 0 Å². The summed E-state index contributed by atoms with van der Waals surface area (Å²) in [6.07, 6.45) is 6.80. The van der Waals surface area contributed by atoms with Crippen LogP contribution >= 0.6 is 0 Å². The van der Waals surface area contributed by atoms with E-state index >= 15 is 0 Å². The fraction of sp³-hybridized carbons (Fsp3) is 0.455. The first-order valence-corrected chi connectivity index (χ1v) is 9.36. The molecule has 1 N–H and O–H groups in total. The fourth-order valence-electron chi connectivity index (χ4n) is 3.75. The highest BCUT2D eigenvalue weighted by Gasteiger charge is 2.60. The first-order valence-electron chi connectivity index (χ1n) is 9.36. The number of hydrogen-bond acceptors (Lipinski definition) is 2. The number of carbonyl (C=O) groups excluding carboxylic acids is 1. The Kier molecular flexibility index (Phi) is 5.30. The van der Waals surface area contributed by atoms with Crippen LogP contribution in [0.15, 0.2) is 54.4 Å². The molecule has 2 aromatic rings. The van der Waals surface area contributed by atoms with Gasteiger partial charge in [0.2, 0.25) is 5.91 Å². The first kappa shape index (κ1) is 18.4. The summed E-state index contributed by atoms with van der Waals surface area (Å²) in [5.74, 6) is 1.61. The molecule has 1 aromatic heterocycles. The minimum absolute atomic E-state index is 0.0626. The van der Waals surface area contributed by atoms with E-state index in [1.54, 1.807) is 0 Å². The molecule has 1 fully saturated rings. The number of nitrogens with zero attached hydrogens (tertiary/aromatic N) is 2. The Morgan fingerprint density at radius 1 is 1.27 bits per heavy atom. The number of rotatable bonds is 7. The molecule has 1 aliphatic rings. The molecular formula is C22H29N3O. The van der Waals surface area contributed by atoms with Gasteiger partial charge in [0.1, 0.15) is 5.82 Å². The third kappa shape index (κ3) is 4.06. The molecule has 4 heteroatoms. The molecule has 0 saturated heterocycles. The number of amides is 1. The van der Waals surface area contributed by atoms with E-state index < -0.39 is 0 Å². The lowest BCUT2D eigenvalue weighted by atomic mass is 10.1. The van der Waals surface area contributed by atoms with Gasteiger partial charge in [0.05, 0.1) is 5.92 Å². The topological polar surface area (TPSA) is 46.9 Å². The van der Waals surface area contributed by atoms with Gasteiger partial charge in [-0.2, -0.15) is 0 Å². The van der Waals surface area contributed by atoms with Crippen molar-refractivity contribution in [3.63, 3.8) is 0 Å². The third-order valence-corrected chi connectivity index (χ3v) is 5.35. The highest BCUT2D eigenvalue weighted by atomic mass is 16.2. The SMILES string of the molecule is CC(C)=CC1C(C(=O)NCCc2nccn2Cc2ccccc2)C1(C)C. The van der Waals surface area contributed by atoms with Gasteiger partial charge in [-0.25, -0.2) is 4.98 Å². The maximum atomic E-state index is 12.5. The molecule has 0 radical (unpaired) electrons. The number of nitrogens with one attached hydrogen (secondary N) is 1. The molecule has 138 valence electrons. The number of allylic oxidation sites excluding steroid dienone is 2. The summed E-state index contributed by atoms with van der Waals surface area (Å²) in [6, 6.07) is 10.3. The van der Waals surface area contributed by atoms with Crippen molar-refractivity contribution in [3.8, 4) is 0 Å². The van der Waals surface area contributed by atoms with E-state index in [0.29, 0.717) is 12.5 Å². The van der Waals surface area contributed by atoms with Crippen LogP contribution in [0.5, 0.6) is 0 Å². The summed E-state index contributed by atoms with van der Waals surface area (Å²) in [5.41, 5.74) is 2.59. The van der Waals surface area contributed by atoms with E-state index in [1.165, 1.54) is 11.1 Å². The van der Waals surface area contributed by atoms with Crippen molar-refractivity contribution in [2.45, 2.75) is 40.7 Å². The van der Waals surface area contributed by atoms with Crippen LogP contribution in [-0.2, 0) is 17.8 Å². The van der Waals surface area contributed by atoms with Crippen LogP contribution in [0.2, 0.25) is 0 Å². The van der Waals surface area contributed by atoms with E-state index in [1.807, 2.05) is 30.6 Å². The second-order valence-electron chi connectivity index (χ2n) is 8.07. The summed E-state index contributed by atoms with van der Waals surface area (Å²) in [4.78, 5) is 17.0. The Morgan fingerprint density at radius 3 is 2.69 bits per heavy atom. The predicted octanol–water partition coefficient (Wildman–Crippen LogP) is 3.83. The van der Waals surface area contributed by atoms with Crippen LogP contribution < -0.4 is 5.32 Å². The summed E-state index contributed by atoms with van der Waals surface area (Å²) in [6.45, 7) is 9.97. The number of carbonyl (C=O) groups is 1. The van der Waals surface area contributed by atoms with E-state index in [-0.39, 0.29) is 17.2 Å². The average Bonchev–Trinajstić information content (AvgIpc) is 2.91. The summed E-state index contributed by atoms with van der Waals surface area (Å²) < 4.78 is 2.15. The van der Waals surface area contributed by atoms with Crippen molar-refractivity contribution in [2.24, 2.45) is 17.3 Å². The molecule has 3 rings (SSSR count). The molecule has 0 spiro atoms. The normalized spacial score (nSPS) is 20.5. The Morgan fingerprint density at radius 2 is 2.00 bits per heavy atom. The lowest BCUT2D eigenvalue weighted by molar-refractivity contribution is -0.123. The molecule has 26 heavy (non-hydrogen) atoms. The van der Waals surface area contributed by atoms with Gasteiger partial charge in [-0.3, -0.25) is 4.79 Å². The Bertz CT molecular complexity index is 785. The molecule has 0 aliphatic heterocycles. The highest BCUT2D eigenvalue weighted by molar-refractivity contribution is 5.83. The fourth-order valence-corrected chi connectivity index (χ4v) is 3.75. The van der Waals surface area contributed by atoms with Crippen molar-refractivity contribution in [2.75, 3.05) is 6.54 Å². The molecule has 1 saturated carbocycles. The van der Waals surface area contributed by atoms with E-state index in [2.05, 4.69) is 60.8 Å². The highest BCUT2D eigenvalue weighted by Crippen LogP contribution is 2.59. The van der Waals surface area contributed by atoms with Crippen molar-refractivity contribution >= 4 is 5.91 Å². The van der Waals surface area contributed by atoms with Gasteiger partial charge >= 0.3 is 0 Å². The van der Waals surface area contributed by atoms with Gasteiger partial charge in [-0.1, -0.05) is 55.8 Å². The zero-order chi connectivity index (χ0) is 18.7. The number of imidazole rings is 1. The van der Waals surface area contributed by atoms with Crippen molar-refractivity contribution in [1.29, 1.82) is 0 Å². The minimum atomic E-state index is 0.0626. The molecular weight excluding hydrogens is 322 g/mol. The van der Waals surface area contributed by atoms with Crippen LogP contribution in [0.1, 0.15) is 39.1 Å². The van der Waals surface area contributed by atoms with Crippen molar-refractivity contribution in [3.05, 3.63) is 65.8 Å². The van der Waals surface area contributed by atoms with E-state index in [0.717, 1.165) is 18.8 Å². The van der Waals surface area contributed by atoms with Crippen molar-refractivity contribution < 1.29 is 4.79 Å². The molecule has 2 unspecified atom stereocenters. The lowest BCUT2D eigenvalue weighted by Crippen LogP contribution is -2.29. The van der Waals surface area contributed by atoms with E-state index in [9.17, 15) is 4.79 Å². The van der Waals surface area contributed by atoms with Crippen LogP contribution in [0, 0.1) is 17.3 Å². The van der Waals surface area contributed by atoms with Gasteiger partial charge in [-0.15, -0.1) is 0 Å². The average molecular weight is 351 g/mol. The summed E-state index contributed by atoms with van der Waals surface area (Å²) >= 11 is 0. The molecule has 1 heterocycles. The van der Waals surface area contributed by atoms with Gasteiger partial charge in [0, 0.05) is 31.9 Å². The van der Waals surface area contributed by atoms with Gasteiger partial charge < -0.3 is 9.88 Å². The minimum Gasteiger partial charge on any atom is -0.355 e. The van der Waals surface area contributed by atoms with Crippen molar-refractivity contribution in [1.82, 2.24) is 14.9 Å². The molecule has 2 atom stereocenters. The standard InChI is InChI=1S/C22H29N3O/c1-16(2)14-18-20(22(18,3)4)21(26)24-11-10-19-23-12-13-25(19)15-17-8-6-5-7-9-17/h5-9,12-14,18,20H,10-11,15H2,1-4H3,(H,24,26).